The summed E-state index contributed by atoms with van der Waals surface area (Å²) in [7, 11) is 1.71. The molecule has 0 radical (unpaired) electrons. The molecule has 1 aromatic carbocycles. The van der Waals surface area contributed by atoms with Crippen molar-refractivity contribution >= 4 is 24.2 Å². The van der Waals surface area contributed by atoms with Crippen LogP contribution in [0.1, 0.15) is 37.8 Å². The van der Waals surface area contributed by atoms with Crippen LogP contribution >= 0.6 is 12.4 Å². The van der Waals surface area contributed by atoms with Gasteiger partial charge < -0.3 is 20.3 Å². The molecule has 0 bridgehead atoms. The summed E-state index contributed by atoms with van der Waals surface area (Å²) in [4.78, 5) is 27.1. The number of rotatable bonds is 7. The maximum atomic E-state index is 12.7. The van der Waals surface area contributed by atoms with E-state index in [2.05, 4.69) is 10.6 Å². The second-order valence-electron chi connectivity index (χ2n) is 7.93. The first-order valence-electron chi connectivity index (χ1n) is 9.86. The number of carbonyl (C=O) groups excluding carboxylic acids is 2. The van der Waals surface area contributed by atoms with Crippen molar-refractivity contribution in [2.24, 2.45) is 11.3 Å². The lowest BCUT2D eigenvalue weighted by atomic mass is 9.79. The molecule has 2 aliphatic rings. The van der Waals surface area contributed by atoms with Crippen molar-refractivity contribution in [3.63, 3.8) is 0 Å². The van der Waals surface area contributed by atoms with Gasteiger partial charge in [-0.15, -0.1) is 12.4 Å². The number of likely N-dealkylation sites (tertiary alicyclic amines) is 1. The third kappa shape index (κ3) is 5.25. The molecule has 0 aromatic heterocycles. The number of benzene rings is 1. The Bertz CT molecular complexity index is 644. The van der Waals surface area contributed by atoms with Gasteiger partial charge in [-0.3, -0.25) is 9.59 Å². The number of hydrogen-bond donors (Lipinski definition) is 2. The van der Waals surface area contributed by atoms with Gasteiger partial charge in [0, 0.05) is 32.0 Å². The molecule has 2 atom stereocenters. The number of carbonyl (C=O) groups is 2. The van der Waals surface area contributed by atoms with Gasteiger partial charge in [0.2, 0.25) is 11.8 Å². The van der Waals surface area contributed by atoms with Crippen LogP contribution in [0, 0.1) is 11.3 Å². The van der Waals surface area contributed by atoms with Gasteiger partial charge in [0.1, 0.15) is 0 Å². The van der Waals surface area contributed by atoms with E-state index in [0.29, 0.717) is 26.1 Å². The number of halogens is 1. The first-order chi connectivity index (χ1) is 13.0. The molecule has 2 amide bonds. The zero-order valence-corrected chi connectivity index (χ0v) is 17.6. The van der Waals surface area contributed by atoms with Crippen LogP contribution in [0.25, 0.3) is 0 Å². The zero-order valence-electron chi connectivity index (χ0n) is 16.8. The highest BCUT2D eigenvalue weighted by atomic mass is 35.5. The molecule has 2 fully saturated rings. The van der Waals surface area contributed by atoms with E-state index in [0.717, 1.165) is 31.5 Å². The Balaban J connectivity index is 0.00000280. The summed E-state index contributed by atoms with van der Waals surface area (Å²) in [6.45, 7) is 5.67. The second kappa shape index (κ2) is 10.2. The van der Waals surface area contributed by atoms with Gasteiger partial charge in [-0.1, -0.05) is 30.3 Å². The SMILES string of the molecule is COCC1(CNC(=O)C2CC(=O)N(C(C)c3ccccc3)C2)CCNCC1.Cl. The van der Waals surface area contributed by atoms with Crippen molar-refractivity contribution < 1.29 is 14.3 Å². The molecule has 2 heterocycles. The van der Waals surface area contributed by atoms with Gasteiger partial charge in [0.25, 0.3) is 0 Å². The van der Waals surface area contributed by atoms with Crippen molar-refractivity contribution in [1.29, 1.82) is 0 Å². The Kier molecular flexibility index (Phi) is 8.28. The number of ether oxygens (including phenoxy) is 1. The van der Waals surface area contributed by atoms with Crippen LogP contribution in [0.15, 0.2) is 30.3 Å². The fraction of sp³-hybridized carbons (Fsp3) is 0.619. The predicted molar refractivity (Wildman–Crippen MR) is 111 cm³/mol. The fourth-order valence-corrected chi connectivity index (χ4v) is 4.25. The molecule has 2 unspecified atom stereocenters. The quantitative estimate of drug-likeness (QED) is 0.723. The van der Waals surface area contributed by atoms with Gasteiger partial charge in [-0.25, -0.2) is 0 Å². The molecule has 2 aliphatic heterocycles. The Labute approximate surface area is 173 Å². The van der Waals surface area contributed by atoms with Crippen LogP contribution in [-0.4, -0.2) is 56.6 Å². The first kappa shape index (κ1) is 22.7. The minimum absolute atomic E-state index is 0. The number of nitrogens with one attached hydrogen (secondary N) is 2. The van der Waals surface area contributed by atoms with E-state index in [1.165, 1.54) is 0 Å². The van der Waals surface area contributed by atoms with E-state index in [1.807, 2.05) is 42.2 Å². The predicted octanol–water partition coefficient (Wildman–Crippen LogP) is 2.15. The standard InChI is InChI=1S/C21H31N3O3.ClH/c1-16(17-6-4-3-5-7-17)24-13-18(12-19(24)25)20(26)23-14-21(15-27-2)8-10-22-11-9-21;/h3-7,16,18,22H,8-15H2,1-2H3,(H,23,26);1H. The highest BCUT2D eigenvalue weighted by molar-refractivity contribution is 5.89. The molecular weight excluding hydrogens is 378 g/mol. The number of hydrogen-bond acceptors (Lipinski definition) is 4. The Morgan fingerprint density at radius 3 is 2.64 bits per heavy atom. The summed E-state index contributed by atoms with van der Waals surface area (Å²) in [5.41, 5.74) is 1.09. The Morgan fingerprint density at radius 1 is 1.32 bits per heavy atom. The lowest BCUT2D eigenvalue weighted by molar-refractivity contribution is -0.130. The van der Waals surface area contributed by atoms with Gasteiger partial charge in [-0.2, -0.15) is 0 Å². The highest BCUT2D eigenvalue weighted by Gasteiger charge is 2.38. The van der Waals surface area contributed by atoms with Crippen LogP contribution in [0.4, 0.5) is 0 Å². The first-order valence-corrected chi connectivity index (χ1v) is 9.86. The maximum absolute atomic E-state index is 12.7. The summed E-state index contributed by atoms with van der Waals surface area (Å²) >= 11 is 0. The van der Waals surface area contributed by atoms with Gasteiger partial charge in [0.05, 0.1) is 18.6 Å². The van der Waals surface area contributed by atoms with Crippen LogP contribution in [-0.2, 0) is 14.3 Å². The number of methoxy groups -OCH3 is 1. The van der Waals surface area contributed by atoms with Crippen molar-refractivity contribution in [3.8, 4) is 0 Å². The van der Waals surface area contributed by atoms with Crippen molar-refractivity contribution in [3.05, 3.63) is 35.9 Å². The van der Waals surface area contributed by atoms with Crippen LogP contribution in [0.3, 0.4) is 0 Å². The summed E-state index contributed by atoms with van der Waals surface area (Å²) < 4.78 is 5.42. The van der Waals surface area contributed by atoms with Crippen molar-refractivity contribution in [2.45, 2.75) is 32.2 Å². The lowest BCUT2D eigenvalue weighted by Crippen LogP contribution is -2.48. The van der Waals surface area contributed by atoms with Gasteiger partial charge in [0.15, 0.2) is 0 Å². The minimum atomic E-state index is -0.273. The molecule has 0 spiro atoms. The monoisotopic (exact) mass is 409 g/mol. The topological polar surface area (TPSA) is 70.7 Å². The largest absolute Gasteiger partial charge is 0.384 e. The molecule has 2 N–H and O–H groups in total. The summed E-state index contributed by atoms with van der Waals surface area (Å²) in [6.07, 6.45) is 2.27. The maximum Gasteiger partial charge on any atom is 0.225 e. The average molecular weight is 410 g/mol. The van der Waals surface area contributed by atoms with Gasteiger partial charge in [-0.05, 0) is 38.4 Å². The third-order valence-electron chi connectivity index (χ3n) is 6.03. The highest BCUT2D eigenvalue weighted by Crippen LogP contribution is 2.30. The van der Waals surface area contributed by atoms with Crippen molar-refractivity contribution in [2.75, 3.05) is 39.9 Å². The van der Waals surface area contributed by atoms with Crippen LogP contribution in [0.5, 0.6) is 0 Å². The normalized spacial score (nSPS) is 22.4. The van der Waals surface area contributed by atoms with E-state index >= 15 is 0 Å². The molecule has 6 nitrogen and oxygen atoms in total. The molecule has 3 rings (SSSR count). The summed E-state index contributed by atoms with van der Waals surface area (Å²) in [6, 6.07) is 9.96. The van der Waals surface area contributed by atoms with E-state index in [-0.39, 0.29) is 41.6 Å². The molecular formula is C21H32ClN3O3. The van der Waals surface area contributed by atoms with E-state index in [9.17, 15) is 9.59 Å². The number of amides is 2. The smallest absolute Gasteiger partial charge is 0.225 e. The zero-order chi connectivity index (χ0) is 19.3. The van der Waals surface area contributed by atoms with E-state index < -0.39 is 0 Å². The summed E-state index contributed by atoms with van der Waals surface area (Å²) in [5, 5.41) is 6.47. The molecule has 0 aliphatic carbocycles. The Morgan fingerprint density at radius 2 is 2.00 bits per heavy atom. The second-order valence-corrected chi connectivity index (χ2v) is 7.93. The Hall–Kier alpha value is -1.63. The van der Waals surface area contributed by atoms with Crippen LogP contribution < -0.4 is 10.6 Å². The molecule has 28 heavy (non-hydrogen) atoms. The van der Waals surface area contributed by atoms with E-state index in [4.69, 9.17) is 4.74 Å². The number of nitrogens with zero attached hydrogens (tertiary/aromatic N) is 1. The molecule has 1 aromatic rings. The van der Waals surface area contributed by atoms with Crippen molar-refractivity contribution in [1.82, 2.24) is 15.5 Å². The number of piperidine rings is 1. The average Bonchev–Trinajstić information content (AvgIpc) is 3.09. The van der Waals surface area contributed by atoms with Gasteiger partial charge >= 0.3 is 0 Å². The molecule has 7 heteroatoms. The fourth-order valence-electron chi connectivity index (χ4n) is 4.25. The lowest BCUT2D eigenvalue weighted by Gasteiger charge is -2.37. The summed E-state index contributed by atoms with van der Waals surface area (Å²) in [5.74, 6) is -0.231. The van der Waals surface area contributed by atoms with Crippen LogP contribution in [0.2, 0.25) is 0 Å². The minimum Gasteiger partial charge on any atom is -0.384 e. The third-order valence-corrected chi connectivity index (χ3v) is 6.03. The molecule has 0 saturated carbocycles. The molecule has 2 saturated heterocycles. The van der Waals surface area contributed by atoms with E-state index in [1.54, 1.807) is 7.11 Å². The molecule has 156 valence electrons.